The van der Waals surface area contributed by atoms with Crippen LogP contribution < -0.4 is 5.32 Å². The summed E-state index contributed by atoms with van der Waals surface area (Å²) in [6.45, 7) is 13.8. The number of hydrogen-bond donors (Lipinski definition) is 1. The molecule has 2 atom stereocenters. The molecule has 104 valence electrons. The molecule has 0 bridgehead atoms. The lowest BCUT2D eigenvalue weighted by molar-refractivity contribution is 0.279. The molecule has 0 aromatic carbocycles. The molecule has 0 fully saturated rings. The van der Waals surface area contributed by atoms with Gasteiger partial charge in [0.2, 0.25) is 0 Å². The molecule has 2 heteroatoms. The lowest BCUT2D eigenvalue weighted by Gasteiger charge is -2.26. The largest absolute Gasteiger partial charge is 0.313 e. The van der Waals surface area contributed by atoms with E-state index >= 15 is 0 Å². The van der Waals surface area contributed by atoms with E-state index in [1.165, 1.54) is 28.2 Å². The summed E-state index contributed by atoms with van der Waals surface area (Å²) in [5.41, 5.74) is 1.93. The summed E-state index contributed by atoms with van der Waals surface area (Å²) in [6.07, 6.45) is 2.51. The molecule has 1 N–H and O–H groups in total. The molecule has 0 saturated carbocycles. The summed E-state index contributed by atoms with van der Waals surface area (Å²) in [5, 5.41) is 3.50. The molecule has 1 nitrogen and oxygen atoms in total. The first-order valence-corrected chi connectivity index (χ1v) is 7.79. The fourth-order valence-electron chi connectivity index (χ4n) is 2.93. The Morgan fingerprint density at radius 3 is 2.28 bits per heavy atom. The average Bonchev–Trinajstić information content (AvgIpc) is 2.51. The van der Waals surface area contributed by atoms with Crippen LogP contribution in [0, 0.1) is 25.2 Å². The second-order valence-electron chi connectivity index (χ2n) is 6.82. The van der Waals surface area contributed by atoms with Gasteiger partial charge in [-0.25, -0.2) is 0 Å². The number of nitrogens with one attached hydrogen (secondary N) is 1. The molecule has 0 aliphatic heterocycles. The molecule has 0 aliphatic carbocycles. The molecule has 0 amide bonds. The summed E-state index contributed by atoms with van der Waals surface area (Å²) in [4.78, 5) is 2.89. The molecule has 1 rings (SSSR count). The van der Waals surface area contributed by atoms with Gasteiger partial charge in [-0.15, -0.1) is 11.3 Å². The normalized spacial score (nSPS) is 15.7. The predicted molar refractivity (Wildman–Crippen MR) is 83.4 cm³/mol. The molecular weight excluding hydrogens is 238 g/mol. The van der Waals surface area contributed by atoms with Crippen molar-refractivity contribution < 1.29 is 0 Å². The zero-order valence-electron chi connectivity index (χ0n) is 13.1. The Hall–Kier alpha value is -0.340. The van der Waals surface area contributed by atoms with Gasteiger partial charge in [0.05, 0.1) is 0 Å². The van der Waals surface area contributed by atoms with Crippen LogP contribution in [0.1, 0.15) is 61.9 Å². The molecule has 0 aliphatic rings. The van der Waals surface area contributed by atoms with Crippen molar-refractivity contribution in [2.24, 2.45) is 11.3 Å². The van der Waals surface area contributed by atoms with Gasteiger partial charge in [-0.05, 0) is 56.7 Å². The van der Waals surface area contributed by atoms with Crippen molar-refractivity contribution >= 4 is 11.3 Å². The smallest absolute Gasteiger partial charge is 0.0331 e. The summed E-state index contributed by atoms with van der Waals surface area (Å²) in [6, 6.07) is 2.86. The molecule has 0 saturated heterocycles. The topological polar surface area (TPSA) is 12.0 Å². The highest BCUT2D eigenvalue weighted by Gasteiger charge is 2.21. The lowest BCUT2D eigenvalue weighted by Crippen LogP contribution is -2.21. The maximum Gasteiger partial charge on any atom is 0.0331 e. The van der Waals surface area contributed by atoms with Crippen molar-refractivity contribution in [1.29, 1.82) is 0 Å². The Morgan fingerprint density at radius 1 is 1.28 bits per heavy atom. The zero-order chi connectivity index (χ0) is 13.9. The van der Waals surface area contributed by atoms with Gasteiger partial charge in [0.15, 0.2) is 0 Å². The fraction of sp³-hybridized carbons (Fsp3) is 0.750. The molecule has 1 aromatic heterocycles. The van der Waals surface area contributed by atoms with Gasteiger partial charge < -0.3 is 5.32 Å². The highest BCUT2D eigenvalue weighted by atomic mass is 32.1. The molecular formula is C16H29NS. The van der Waals surface area contributed by atoms with Gasteiger partial charge in [-0.2, -0.15) is 0 Å². The van der Waals surface area contributed by atoms with E-state index in [9.17, 15) is 0 Å². The van der Waals surface area contributed by atoms with E-state index in [-0.39, 0.29) is 0 Å². The minimum atomic E-state index is 0.428. The quantitative estimate of drug-likeness (QED) is 0.783. The van der Waals surface area contributed by atoms with Crippen LogP contribution in [0.2, 0.25) is 0 Å². The Bertz CT molecular complexity index is 373. The minimum absolute atomic E-state index is 0.428. The maximum atomic E-state index is 3.50. The number of thiophene rings is 1. The monoisotopic (exact) mass is 267 g/mol. The van der Waals surface area contributed by atoms with Crippen LogP contribution >= 0.6 is 11.3 Å². The lowest BCUT2D eigenvalue weighted by atomic mass is 9.82. The van der Waals surface area contributed by atoms with Crippen molar-refractivity contribution in [1.82, 2.24) is 5.32 Å². The molecule has 1 aromatic rings. The van der Waals surface area contributed by atoms with Crippen LogP contribution in [0.4, 0.5) is 0 Å². The fourth-order valence-corrected chi connectivity index (χ4v) is 3.92. The van der Waals surface area contributed by atoms with Gasteiger partial charge in [0.1, 0.15) is 0 Å². The van der Waals surface area contributed by atoms with E-state index < -0.39 is 0 Å². The third-order valence-electron chi connectivity index (χ3n) is 3.40. The first-order chi connectivity index (χ1) is 8.23. The van der Waals surface area contributed by atoms with E-state index in [2.05, 4.69) is 60.0 Å². The first kappa shape index (κ1) is 15.7. The standard InChI is InChI=1S/C16H29NS/c1-11(10-16(4,5)6)8-15(17-7)14-9-12(2)18-13(14)3/h9,11,15,17H,8,10H2,1-7H3. The SMILES string of the molecule is CNC(CC(C)CC(C)(C)C)c1cc(C)sc1C. The Kier molecular flexibility index (Phi) is 5.42. The molecule has 18 heavy (non-hydrogen) atoms. The van der Waals surface area contributed by atoms with Crippen molar-refractivity contribution in [3.63, 3.8) is 0 Å². The molecule has 0 radical (unpaired) electrons. The molecule has 0 spiro atoms. The van der Waals surface area contributed by atoms with E-state index in [0.717, 1.165) is 5.92 Å². The number of rotatable bonds is 5. The second kappa shape index (κ2) is 6.21. The van der Waals surface area contributed by atoms with Gasteiger partial charge in [-0.3, -0.25) is 0 Å². The minimum Gasteiger partial charge on any atom is -0.313 e. The van der Waals surface area contributed by atoms with Crippen LogP contribution in [0.15, 0.2) is 6.07 Å². The van der Waals surface area contributed by atoms with Crippen molar-refractivity contribution in [3.05, 3.63) is 21.4 Å². The maximum absolute atomic E-state index is 3.50. The van der Waals surface area contributed by atoms with E-state index in [0.29, 0.717) is 11.5 Å². The van der Waals surface area contributed by atoms with E-state index in [1.54, 1.807) is 0 Å². The van der Waals surface area contributed by atoms with Gasteiger partial charge in [-0.1, -0.05) is 27.7 Å². The predicted octanol–water partition coefficient (Wildman–Crippen LogP) is 5.09. The number of aryl methyl sites for hydroxylation is 2. The summed E-state index contributed by atoms with van der Waals surface area (Å²) >= 11 is 1.91. The van der Waals surface area contributed by atoms with Crippen LogP contribution in [-0.4, -0.2) is 7.05 Å². The summed E-state index contributed by atoms with van der Waals surface area (Å²) in [7, 11) is 2.08. The zero-order valence-corrected chi connectivity index (χ0v) is 13.9. The van der Waals surface area contributed by atoms with E-state index in [4.69, 9.17) is 0 Å². The van der Waals surface area contributed by atoms with Crippen LogP contribution in [0.25, 0.3) is 0 Å². The highest BCUT2D eigenvalue weighted by molar-refractivity contribution is 7.12. The second-order valence-corrected chi connectivity index (χ2v) is 8.28. The highest BCUT2D eigenvalue weighted by Crippen LogP contribution is 2.33. The molecule has 1 heterocycles. The van der Waals surface area contributed by atoms with Crippen molar-refractivity contribution in [2.75, 3.05) is 7.05 Å². The molecule has 2 unspecified atom stereocenters. The third-order valence-corrected chi connectivity index (χ3v) is 4.38. The number of hydrogen-bond acceptors (Lipinski definition) is 2. The van der Waals surface area contributed by atoms with Gasteiger partial charge in [0, 0.05) is 15.8 Å². The van der Waals surface area contributed by atoms with Gasteiger partial charge >= 0.3 is 0 Å². The summed E-state index contributed by atoms with van der Waals surface area (Å²) in [5.74, 6) is 0.752. The first-order valence-electron chi connectivity index (χ1n) is 6.97. The van der Waals surface area contributed by atoms with Gasteiger partial charge in [0.25, 0.3) is 0 Å². The summed E-state index contributed by atoms with van der Waals surface area (Å²) < 4.78 is 0. The Morgan fingerprint density at radius 2 is 1.89 bits per heavy atom. The van der Waals surface area contributed by atoms with Crippen molar-refractivity contribution in [2.45, 2.75) is 60.4 Å². The average molecular weight is 267 g/mol. The van der Waals surface area contributed by atoms with Crippen LogP contribution in [0.5, 0.6) is 0 Å². The third kappa shape index (κ3) is 4.74. The van der Waals surface area contributed by atoms with Crippen molar-refractivity contribution in [3.8, 4) is 0 Å². The van der Waals surface area contributed by atoms with Crippen LogP contribution in [-0.2, 0) is 0 Å². The van der Waals surface area contributed by atoms with Crippen LogP contribution in [0.3, 0.4) is 0 Å². The Balaban J connectivity index is 2.71. The van der Waals surface area contributed by atoms with E-state index in [1.807, 2.05) is 11.3 Å². The Labute approximate surface area is 117 Å².